The van der Waals surface area contributed by atoms with Crippen molar-refractivity contribution in [3.8, 4) is 0 Å². The maximum atomic E-state index is 11.9. The standard InChI is InChI=1S/C13H18N2O4S/c1-7-11(20-8(2)15-7)5-6-14-12(16)9-3-4-10(19-9)13(17)18/h9-10H,3-6H2,1-2H3,(H,14,16)(H,17,18)/t9-,10+/m0/s1. The number of hydrogen-bond acceptors (Lipinski definition) is 5. The maximum absolute atomic E-state index is 11.9. The molecule has 1 fully saturated rings. The van der Waals surface area contributed by atoms with Crippen LogP contribution in [0.5, 0.6) is 0 Å². The minimum atomic E-state index is -1.00. The molecule has 0 aliphatic carbocycles. The van der Waals surface area contributed by atoms with Crippen LogP contribution in [0.25, 0.3) is 0 Å². The van der Waals surface area contributed by atoms with Crippen LogP contribution >= 0.6 is 11.3 Å². The van der Waals surface area contributed by atoms with Gasteiger partial charge >= 0.3 is 5.97 Å². The molecule has 2 atom stereocenters. The molecule has 0 bridgehead atoms. The Kier molecular flexibility index (Phi) is 4.72. The Morgan fingerprint density at radius 2 is 2.10 bits per heavy atom. The van der Waals surface area contributed by atoms with Crippen molar-refractivity contribution in [3.63, 3.8) is 0 Å². The fourth-order valence-corrected chi connectivity index (χ4v) is 3.17. The molecule has 1 amide bonds. The highest BCUT2D eigenvalue weighted by Crippen LogP contribution is 2.20. The van der Waals surface area contributed by atoms with Gasteiger partial charge in [-0.3, -0.25) is 4.79 Å². The summed E-state index contributed by atoms with van der Waals surface area (Å²) >= 11 is 1.63. The average molecular weight is 298 g/mol. The number of aryl methyl sites for hydroxylation is 2. The van der Waals surface area contributed by atoms with E-state index in [1.165, 1.54) is 4.88 Å². The van der Waals surface area contributed by atoms with Crippen molar-refractivity contribution in [2.45, 2.75) is 45.3 Å². The van der Waals surface area contributed by atoms with Gasteiger partial charge in [0.15, 0.2) is 6.10 Å². The molecule has 0 aromatic carbocycles. The van der Waals surface area contributed by atoms with Crippen molar-refractivity contribution in [1.29, 1.82) is 0 Å². The third-order valence-corrected chi connectivity index (χ3v) is 4.37. The Hall–Kier alpha value is -1.47. The molecule has 0 unspecified atom stereocenters. The molecule has 1 saturated heterocycles. The zero-order valence-electron chi connectivity index (χ0n) is 11.5. The molecular weight excluding hydrogens is 280 g/mol. The lowest BCUT2D eigenvalue weighted by Gasteiger charge is -2.11. The number of rotatable bonds is 5. The first-order valence-electron chi connectivity index (χ1n) is 6.56. The van der Waals surface area contributed by atoms with E-state index in [1.54, 1.807) is 11.3 Å². The second-order valence-corrected chi connectivity index (χ2v) is 6.10. The fourth-order valence-electron chi connectivity index (χ4n) is 2.23. The lowest BCUT2D eigenvalue weighted by Crippen LogP contribution is -2.36. The van der Waals surface area contributed by atoms with E-state index < -0.39 is 18.2 Å². The second kappa shape index (κ2) is 6.32. The van der Waals surface area contributed by atoms with Crippen LogP contribution in [0.15, 0.2) is 0 Å². The normalized spacial score (nSPS) is 21.9. The van der Waals surface area contributed by atoms with Gasteiger partial charge in [-0.25, -0.2) is 9.78 Å². The summed E-state index contributed by atoms with van der Waals surface area (Å²) in [4.78, 5) is 28.1. The van der Waals surface area contributed by atoms with Crippen LogP contribution in [-0.4, -0.2) is 40.7 Å². The summed E-state index contributed by atoms with van der Waals surface area (Å²) in [7, 11) is 0. The van der Waals surface area contributed by atoms with Crippen molar-refractivity contribution in [1.82, 2.24) is 10.3 Å². The van der Waals surface area contributed by atoms with Crippen LogP contribution in [-0.2, 0) is 20.7 Å². The molecule has 1 aromatic rings. The van der Waals surface area contributed by atoms with Crippen LogP contribution in [0, 0.1) is 13.8 Å². The van der Waals surface area contributed by atoms with E-state index in [9.17, 15) is 9.59 Å². The van der Waals surface area contributed by atoms with Crippen LogP contribution < -0.4 is 5.32 Å². The number of hydrogen-bond donors (Lipinski definition) is 2. The summed E-state index contributed by atoms with van der Waals surface area (Å²) < 4.78 is 5.19. The topological polar surface area (TPSA) is 88.5 Å². The van der Waals surface area contributed by atoms with Gasteiger partial charge in [0, 0.05) is 17.8 Å². The molecule has 0 spiro atoms. The average Bonchev–Trinajstić information content (AvgIpc) is 2.97. The summed E-state index contributed by atoms with van der Waals surface area (Å²) in [5.74, 6) is -1.23. The van der Waals surface area contributed by atoms with Crippen molar-refractivity contribution in [3.05, 3.63) is 15.6 Å². The van der Waals surface area contributed by atoms with E-state index >= 15 is 0 Å². The maximum Gasteiger partial charge on any atom is 0.332 e. The molecule has 1 aliphatic rings. The number of carbonyl (C=O) groups excluding carboxylic acids is 1. The fraction of sp³-hybridized carbons (Fsp3) is 0.615. The second-order valence-electron chi connectivity index (χ2n) is 4.81. The Morgan fingerprint density at radius 1 is 1.40 bits per heavy atom. The summed E-state index contributed by atoms with van der Waals surface area (Å²) in [6.07, 6.45) is 0.0952. The zero-order chi connectivity index (χ0) is 14.7. The van der Waals surface area contributed by atoms with E-state index in [0.29, 0.717) is 19.4 Å². The van der Waals surface area contributed by atoms with E-state index in [4.69, 9.17) is 9.84 Å². The number of nitrogens with zero attached hydrogens (tertiary/aromatic N) is 1. The van der Waals surface area contributed by atoms with Crippen LogP contribution in [0.2, 0.25) is 0 Å². The number of carboxylic acid groups (broad SMARTS) is 1. The van der Waals surface area contributed by atoms with Crippen molar-refractivity contribution in [2.24, 2.45) is 0 Å². The Bertz CT molecular complexity index is 514. The molecule has 20 heavy (non-hydrogen) atoms. The van der Waals surface area contributed by atoms with Crippen LogP contribution in [0.1, 0.15) is 28.4 Å². The number of amides is 1. The summed E-state index contributed by atoms with van der Waals surface area (Å²) in [6, 6.07) is 0. The van der Waals surface area contributed by atoms with E-state index in [2.05, 4.69) is 10.3 Å². The monoisotopic (exact) mass is 298 g/mol. The van der Waals surface area contributed by atoms with Gasteiger partial charge in [-0.2, -0.15) is 0 Å². The first-order valence-corrected chi connectivity index (χ1v) is 7.38. The quantitative estimate of drug-likeness (QED) is 0.848. The predicted octanol–water partition coefficient (Wildman–Crippen LogP) is 1.05. The molecular formula is C13H18N2O4S. The van der Waals surface area contributed by atoms with E-state index in [0.717, 1.165) is 17.1 Å². The molecule has 0 radical (unpaired) electrons. The van der Waals surface area contributed by atoms with E-state index in [-0.39, 0.29) is 5.91 Å². The van der Waals surface area contributed by atoms with Gasteiger partial charge in [0.1, 0.15) is 6.10 Å². The van der Waals surface area contributed by atoms with E-state index in [1.807, 2.05) is 13.8 Å². The number of aromatic nitrogens is 1. The van der Waals surface area contributed by atoms with Crippen molar-refractivity contribution in [2.75, 3.05) is 6.54 Å². The van der Waals surface area contributed by atoms with Gasteiger partial charge in [0.2, 0.25) is 5.91 Å². The number of nitrogens with one attached hydrogen (secondary N) is 1. The minimum Gasteiger partial charge on any atom is -0.479 e. The van der Waals surface area contributed by atoms with Crippen molar-refractivity contribution < 1.29 is 19.4 Å². The van der Waals surface area contributed by atoms with Gasteiger partial charge in [0.25, 0.3) is 0 Å². The molecule has 2 N–H and O–H groups in total. The SMILES string of the molecule is Cc1nc(C)c(CCNC(=O)[C@@H]2CC[C@H](C(=O)O)O2)s1. The van der Waals surface area contributed by atoms with Crippen molar-refractivity contribution >= 4 is 23.2 Å². The van der Waals surface area contributed by atoms with Gasteiger partial charge in [0.05, 0.1) is 10.7 Å². The Balaban J connectivity index is 1.76. The number of thiazole rings is 1. The molecule has 1 aromatic heterocycles. The smallest absolute Gasteiger partial charge is 0.332 e. The first kappa shape index (κ1) is 14.9. The van der Waals surface area contributed by atoms with Crippen LogP contribution in [0.3, 0.4) is 0 Å². The van der Waals surface area contributed by atoms with Gasteiger partial charge in [-0.15, -0.1) is 11.3 Å². The van der Waals surface area contributed by atoms with Gasteiger partial charge in [-0.1, -0.05) is 0 Å². The lowest BCUT2D eigenvalue weighted by atomic mass is 10.2. The summed E-state index contributed by atoms with van der Waals surface area (Å²) in [6.45, 7) is 4.43. The number of ether oxygens (including phenoxy) is 1. The molecule has 2 rings (SSSR count). The Morgan fingerprint density at radius 3 is 2.65 bits per heavy atom. The largest absolute Gasteiger partial charge is 0.479 e. The zero-order valence-corrected chi connectivity index (χ0v) is 12.3. The molecule has 0 saturated carbocycles. The summed E-state index contributed by atoms with van der Waals surface area (Å²) in [5.41, 5.74) is 1.00. The molecule has 110 valence electrons. The molecule has 7 heteroatoms. The number of aliphatic carboxylic acids is 1. The third kappa shape index (κ3) is 3.55. The predicted molar refractivity (Wildman–Crippen MR) is 73.8 cm³/mol. The van der Waals surface area contributed by atoms with Crippen LogP contribution in [0.4, 0.5) is 0 Å². The first-order chi connectivity index (χ1) is 9.47. The third-order valence-electron chi connectivity index (χ3n) is 3.24. The van der Waals surface area contributed by atoms with Gasteiger partial charge in [-0.05, 0) is 26.7 Å². The number of carbonyl (C=O) groups is 2. The lowest BCUT2D eigenvalue weighted by molar-refractivity contribution is -0.151. The molecule has 2 heterocycles. The minimum absolute atomic E-state index is 0.229. The highest BCUT2D eigenvalue weighted by Gasteiger charge is 2.34. The molecule has 1 aliphatic heterocycles. The highest BCUT2D eigenvalue weighted by molar-refractivity contribution is 7.11. The van der Waals surface area contributed by atoms with Gasteiger partial charge < -0.3 is 15.2 Å². The molecule has 6 nitrogen and oxygen atoms in total. The Labute approximate surface area is 121 Å². The summed E-state index contributed by atoms with van der Waals surface area (Å²) in [5, 5.41) is 12.6. The number of carboxylic acids is 1. The highest BCUT2D eigenvalue weighted by atomic mass is 32.1.